The van der Waals surface area contributed by atoms with Gasteiger partial charge in [-0.2, -0.15) is 0 Å². The maximum Gasteiger partial charge on any atom is 0.345 e. The van der Waals surface area contributed by atoms with E-state index in [-0.39, 0.29) is 6.42 Å². The van der Waals surface area contributed by atoms with Crippen molar-refractivity contribution >= 4 is 11.9 Å². The molecule has 0 radical (unpaired) electrons. The van der Waals surface area contributed by atoms with Gasteiger partial charge in [0.15, 0.2) is 6.10 Å². The molecule has 0 rings (SSSR count). The fourth-order valence-electron chi connectivity index (χ4n) is 1.89. The summed E-state index contributed by atoms with van der Waals surface area (Å²) in [4.78, 5) is 22.2. The summed E-state index contributed by atoms with van der Waals surface area (Å²) in [5.41, 5.74) is 0. The Hall–Kier alpha value is -0.940. The van der Waals surface area contributed by atoms with Crippen LogP contribution in [-0.4, -0.2) is 34.9 Å². The van der Waals surface area contributed by atoms with Crippen LogP contribution in [0.15, 0.2) is 0 Å². The summed E-state index contributed by atoms with van der Waals surface area (Å²) in [6.45, 7) is 1.47. The highest BCUT2D eigenvalue weighted by Gasteiger charge is 2.18. The zero-order valence-electron chi connectivity index (χ0n) is 12.5. The lowest BCUT2D eigenvalue weighted by molar-refractivity contribution is -0.167. The van der Waals surface area contributed by atoms with Crippen LogP contribution in [0.2, 0.25) is 0 Å². The van der Waals surface area contributed by atoms with Crippen molar-refractivity contribution in [3.63, 3.8) is 0 Å². The molecule has 0 aromatic rings. The predicted octanol–water partition coefficient (Wildman–Crippen LogP) is 2.33. The summed E-state index contributed by atoms with van der Waals surface area (Å²) >= 11 is 0. The number of hydrogen-bond donors (Lipinski definition) is 2. The molecule has 118 valence electrons. The topological polar surface area (TPSA) is 83.8 Å². The molecule has 0 aromatic carbocycles. The van der Waals surface area contributed by atoms with Gasteiger partial charge in [0.25, 0.3) is 0 Å². The smallest absolute Gasteiger partial charge is 0.345 e. The van der Waals surface area contributed by atoms with Crippen LogP contribution in [0.1, 0.15) is 71.1 Å². The Bertz CT molecular complexity index is 265. The molecule has 0 amide bonds. The third-order valence-electron chi connectivity index (χ3n) is 3.14. The lowest BCUT2D eigenvalue weighted by Crippen LogP contribution is -2.28. The maximum absolute atomic E-state index is 11.2. The van der Waals surface area contributed by atoms with Gasteiger partial charge in [-0.3, -0.25) is 4.79 Å². The molecule has 0 fully saturated rings. The number of aliphatic hydroxyl groups is 2. The van der Waals surface area contributed by atoms with Crippen LogP contribution in [0.3, 0.4) is 0 Å². The van der Waals surface area contributed by atoms with Crippen LogP contribution in [-0.2, 0) is 14.3 Å². The van der Waals surface area contributed by atoms with Gasteiger partial charge in [0, 0.05) is 6.42 Å². The van der Waals surface area contributed by atoms with Crippen molar-refractivity contribution in [3.8, 4) is 0 Å². The number of hydrogen-bond acceptors (Lipinski definition) is 5. The van der Waals surface area contributed by atoms with E-state index in [0.29, 0.717) is 6.42 Å². The predicted molar refractivity (Wildman–Crippen MR) is 76.0 cm³/mol. The van der Waals surface area contributed by atoms with Crippen molar-refractivity contribution in [2.24, 2.45) is 0 Å². The van der Waals surface area contributed by atoms with Crippen LogP contribution >= 0.6 is 0 Å². The molecule has 0 aromatic heterocycles. The van der Waals surface area contributed by atoms with E-state index in [2.05, 4.69) is 11.7 Å². The van der Waals surface area contributed by atoms with Crippen molar-refractivity contribution in [2.75, 3.05) is 6.61 Å². The van der Waals surface area contributed by atoms with Gasteiger partial charge in [-0.1, -0.05) is 58.3 Å². The Kier molecular flexibility index (Phi) is 12.4. The first-order valence-corrected chi connectivity index (χ1v) is 7.65. The molecule has 0 aliphatic carbocycles. The molecule has 1 unspecified atom stereocenters. The number of unbranched alkanes of at least 4 members (excludes halogenated alkanes) is 8. The van der Waals surface area contributed by atoms with Crippen LogP contribution in [0.5, 0.6) is 0 Å². The zero-order chi connectivity index (χ0) is 15.2. The number of esters is 2. The van der Waals surface area contributed by atoms with Gasteiger partial charge in [-0.15, -0.1) is 0 Å². The molecule has 1 atom stereocenters. The minimum Gasteiger partial charge on any atom is -0.393 e. The van der Waals surface area contributed by atoms with Crippen molar-refractivity contribution in [1.29, 1.82) is 0 Å². The van der Waals surface area contributed by atoms with Gasteiger partial charge in [0.2, 0.25) is 0 Å². The Labute approximate surface area is 121 Å². The Morgan fingerprint density at radius 3 is 1.95 bits per heavy atom. The van der Waals surface area contributed by atoms with Crippen LogP contribution in [0.4, 0.5) is 0 Å². The Morgan fingerprint density at radius 1 is 0.950 bits per heavy atom. The monoisotopic (exact) mass is 288 g/mol. The zero-order valence-corrected chi connectivity index (χ0v) is 12.5. The Balaban J connectivity index is 3.38. The second-order valence-electron chi connectivity index (χ2n) is 5.07. The van der Waals surface area contributed by atoms with Crippen LogP contribution in [0.25, 0.3) is 0 Å². The summed E-state index contributed by atoms with van der Waals surface area (Å²) in [5, 5.41) is 17.4. The van der Waals surface area contributed by atoms with Crippen molar-refractivity contribution in [1.82, 2.24) is 0 Å². The molecule has 0 spiro atoms. The van der Waals surface area contributed by atoms with E-state index in [0.717, 1.165) is 12.8 Å². The molecule has 5 heteroatoms. The molecule has 0 saturated heterocycles. The molecule has 0 saturated carbocycles. The molecule has 0 heterocycles. The second-order valence-corrected chi connectivity index (χ2v) is 5.07. The first-order valence-electron chi connectivity index (χ1n) is 7.65. The number of rotatable bonds is 12. The molecule has 0 aliphatic rings. The van der Waals surface area contributed by atoms with E-state index < -0.39 is 24.6 Å². The van der Waals surface area contributed by atoms with Crippen LogP contribution < -0.4 is 0 Å². The fourth-order valence-corrected chi connectivity index (χ4v) is 1.89. The largest absolute Gasteiger partial charge is 0.393 e. The highest BCUT2D eigenvalue weighted by Crippen LogP contribution is 2.10. The highest BCUT2D eigenvalue weighted by atomic mass is 16.6. The first kappa shape index (κ1) is 19.1. The third-order valence-corrected chi connectivity index (χ3v) is 3.14. The molecule has 2 N–H and O–H groups in total. The fraction of sp³-hybridized carbons (Fsp3) is 0.867. The normalized spacial score (nSPS) is 12.2. The van der Waals surface area contributed by atoms with Gasteiger partial charge in [-0.25, -0.2) is 4.79 Å². The summed E-state index contributed by atoms with van der Waals surface area (Å²) in [6.07, 6.45) is 8.85. The van der Waals surface area contributed by atoms with Gasteiger partial charge in [0.05, 0.1) is 6.61 Å². The molecular formula is C15H28O5. The lowest BCUT2D eigenvalue weighted by Gasteiger charge is -2.06. The average Bonchev–Trinajstić information content (AvgIpc) is 2.44. The van der Waals surface area contributed by atoms with E-state index in [1.165, 1.54) is 38.5 Å². The Morgan fingerprint density at radius 2 is 1.45 bits per heavy atom. The van der Waals surface area contributed by atoms with E-state index in [9.17, 15) is 9.59 Å². The summed E-state index contributed by atoms with van der Waals surface area (Å²) < 4.78 is 4.39. The molecule has 20 heavy (non-hydrogen) atoms. The van der Waals surface area contributed by atoms with Crippen LogP contribution in [0, 0.1) is 0 Å². The molecular weight excluding hydrogens is 260 g/mol. The number of ether oxygens (including phenoxy) is 1. The van der Waals surface area contributed by atoms with Gasteiger partial charge >= 0.3 is 11.9 Å². The highest BCUT2D eigenvalue weighted by molar-refractivity contribution is 5.87. The van der Waals surface area contributed by atoms with Gasteiger partial charge in [0.1, 0.15) is 0 Å². The molecule has 0 bridgehead atoms. The van der Waals surface area contributed by atoms with Gasteiger partial charge in [-0.05, 0) is 6.42 Å². The van der Waals surface area contributed by atoms with E-state index in [1.807, 2.05) is 0 Å². The van der Waals surface area contributed by atoms with Crippen molar-refractivity contribution < 1.29 is 24.5 Å². The average molecular weight is 288 g/mol. The standard InChI is InChI=1S/C15H28O5/c1-2-3-4-5-6-7-8-9-10-11-14(18)20-15(19)13(17)12-16/h13,16-17H,2-12H2,1H3. The minimum atomic E-state index is -1.62. The van der Waals surface area contributed by atoms with E-state index in [4.69, 9.17) is 10.2 Å². The summed E-state index contributed by atoms with van der Waals surface area (Å²) in [7, 11) is 0. The maximum atomic E-state index is 11.2. The second kappa shape index (κ2) is 13.1. The molecule has 5 nitrogen and oxygen atoms in total. The molecule has 0 aliphatic heterocycles. The SMILES string of the molecule is CCCCCCCCCCCC(=O)OC(=O)C(O)CO. The number of carbonyl (C=O) groups excluding carboxylic acids is 2. The first-order chi connectivity index (χ1) is 9.61. The summed E-state index contributed by atoms with van der Waals surface area (Å²) in [6, 6.07) is 0. The minimum absolute atomic E-state index is 0.180. The lowest BCUT2D eigenvalue weighted by atomic mass is 10.1. The quantitative estimate of drug-likeness (QED) is 0.327. The van der Waals surface area contributed by atoms with E-state index >= 15 is 0 Å². The summed E-state index contributed by atoms with van der Waals surface area (Å²) in [5.74, 6) is -1.71. The number of carbonyl (C=O) groups is 2. The van der Waals surface area contributed by atoms with E-state index in [1.54, 1.807) is 0 Å². The third kappa shape index (κ3) is 10.9. The number of aliphatic hydroxyl groups excluding tert-OH is 2. The van der Waals surface area contributed by atoms with Gasteiger partial charge < -0.3 is 14.9 Å². The van der Waals surface area contributed by atoms with Crippen molar-refractivity contribution in [2.45, 2.75) is 77.2 Å². The van der Waals surface area contributed by atoms with Crippen molar-refractivity contribution in [3.05, 3.63) is 0 Å².